The van der Waals surface area contributed by atoms with E-state index >= 15 is 0 Å². The van der Waals surface area contributed by atoms with E-state index in [0.29, 0.717) is 22.2 Å². The Bertz CT molecular complexity index is 622. The molecule has 0 aliphatic heterocycles. The fourth-order valence-corrected chi connectivity index (χ4v) is 2.24. The molecule has 0 aliphatic rings. The van der Waals surface area contributed by atoms with Crippen molar-refractivity contribution < 1.29 is 14.3 Å². The molecule has 19 heavy (non-hydrogen) atoms. The first-order chi connectivity index (χ1) is 9.08. The summed E-state index contributed by atoms with van der Waals surface area (Å²) in [6.07, 6.45) is 3.01. The molecule has 5 nitrogen and oxygen atoms in total. The molecule has 0 saturated carbocycles. The number of hydrogen-bond donors (Lipinski definition) is 2. The van der Waals surface area contributed by atoms with Crippen LogP contribution in [0.4, 0.5) is 10.2 Å². The highest BCUT2D eigenvalue weighted by Gasteiger charge is 2.11. The van der Waals surface area contributed by atoms with Gasteiger partial charge < -0.3 is 10.8 Å². The average molecular weight is 279 g/mol. The highest BCUT2D eigenvalue weighted by Crippen LogP contribution is 2.24. The zero-order valence-corrected chi connectivity index (χ0v) is 10.5. The van der Waals surface area contributed by atoms with E-state index in [9.17, 15) is 9.18 Å². The number of aromatic nitrogens is 2. The van der Waals surface area contributed by atoms with E-state index in [0.717, 1.165) is 0 Å². The summed E-state index contributed by atoms with van der Waals surface area (Å²) in [5, 5.41) is 9.28. The number of nitrogen functional groups attached to an aromatic ring is 1. The second-order valence-corrected chi connectivity index (χ2v) is 4.62. The van der Waals surface area contributed by atoms with Gasteiger partial charge in [-0.05, 0) is 17.7 Å². The first-order valence-corrected chi connectivity index (χ1v) is 6.27. The van der Waals surface area contributed by atoms with Crippen LogP contribution in [0, 0.1) is 5.82 Å². The smallest absolute Gasteiger partial charge is 0.338 e. The van der Waals surface area contributed by atoms with Gasteiger partial charge in [0.2, 0.25) is 0 Å². The summed E-state index contributed by atoms with van der Waals surface area (Å²) in [6.45, 7) is 0. The van der Waals surface area contributed by atoms with E-state index in [-0.39, 0.29) is 5.56 Å². The van der Waals surface area contributed by atoms with E-state index in [1.807, 2.05) is 0 Å². The van der Waals surface area contributed by atoms with Gasteiger partial charge in [-0.1, -0.05) is 17.8 Å². The summed E-state index contributed by atoms with van der Waals surface area (Å²) in [7, 11) is 0. The molecule has 0 atom stereocenters. The van der Waals surface area contributed by atoms with Crippen LogP contribution in [0.3, 0.4) is 0 Å². The zero-order valence-electron chi connectivity index (χ0n) is 9.71. The molecule has 7 heteroatoms. The molecule has 2 rings (SSSR count). The predicted molar refractivity (Wildman–Crippen MR) is 69.4 cm³/mol. The summed E-state index contributed by atoms with van der Waals surface area (Å²) in [5.41, 5.74) is 5.94. The molecule has 2 aromatic rings. The quantitative estimate of drug-likeness (QED) is 0.834. The van der Waals surface area contributed by atoms with E-state index in [2.05, 4.69) is 9.97 Å². The van der Waals surface area contributed by atoms with Crippen molar-refractivity contribution in [1.82, 2.24) is 9.97 Å². The number of carboxylic acid groups (broad SMARTS) is 1. The highest BCUT2D eigenvalue weighted by molar-refractivity contribution is 7.98. The molecular formula is C12H10FN3O2S. The van der Waals surface area contributed by atoms with Gasteiger partial charge in [0, 0.05) is 18.1 Å². The number of anilines is 1. The largest absolute Gasteiger partial charge is 0.478 e. The van der Waals surface area contributed by atoms with E-state index < -0.39 is 11.8 Å². The monoisotopic (exact) mass is 279 g/mol. The van der Waals surface area contributed by atoms with Crippen LogP contribution >= 0.6 is 11.8 Å². The Morgan fingerprint density at radius 1 is 1.37 bits per heavy atom. The minimum absolute atomic E-state index is 0.315. The van der Waals surface area contributed by atoms with Crippen molar-refractivity contribution in [2.75, 3.05) is 5.73 Å². The molecule has 1 aromatic carbocycles. The number of aromatic carboxylic acids is 1. The number of benzene rings is 1. The van der Waals surface area contributed by atoms with Crippen molar-refractivity contribution in [2.24, 2.45) is 0 Å². The first-order valence-electron chi connectivity index (χ1n) is 5.29. The molecule has 0 bridgehead atoms. The molecule has 0 saturated heterocycles. The van der Waals surface area contributed by atoms with Gasteiger partial charge in [0.25, 0.3) is 0 Å². The standard InChI is InChI=1S/C12H10FN3O2S/c13-9-5-7(1-2-8(9)12(17)18)6-19-11-10(14)15-3-4-16-11/h1-5H,6H2,(H2,14,15)(H,17,18). The topological polar surface area (TPSA) is 89.1 Å². The van der Waals surface area contributed by atoms with Gasteiger partial charge in [0.05, 0.1) is 5.56 Å². The number of hydrogen-bond acceptors (Lipinski definition) is 5. The Balaban J connectivity index is 2.11. The summed E-state index contributed by atoms with van der Waals surface area (Å²) < 4.78 is 13.5. The lowest BCUT2D eigenvalue weighted by Gasteiger charge is -2.04. The molecule has 1 heterocycles. The van der Waals surface area contributed by atoms with E-state index in [4.69, 9.17) is 10.8 Å². The summed E-state index contributed by atoms with van der Waals surface area (Å²) in [4.78, 5) is 18.6. The number of carbonyl (C=O) groups is 1. The number of rotatable bonds is 4. The van der Waals surface area contributed by atoms with Crippen LogP contribution in [-0.4, -0.2) is 21.0 Å². The Morgan fingerprint density at radius 2 is 2.11 bits per heavy atom. The molecule has 0 radical (unpaired) electrons. The van der Waals surface area contributed by atoms with E-state index in [1.165, 1.54) is 36.3 Å². The molecule has 3 N–H and O–H groups in total. The van der Waals surface area contributed by atoms with Crippen molar-refractivity contribution in [3.8, 4) is 0 Å². The van der Waals surface area contributed by atoms with Gasteiger partial charge in [0.15, 0.2) is 5.82 Å². The Labute approximate surface area is 112 Å². The molecule has 0 amide bonds. The van der Waals surface area contributed by atoms with Gasteiger partial charge >= 0.3 is 5.97 Å². The third-order valence-corrected chi connectivity index (χ3v) is 3.40. The van der Waals surface area contributed by atoms with Crippen LogP contribution in [0.5, 0.6) is 0 Å². The normalized spacial score (nSPS) is 10.4. The van der Waals surface area contributed by atoms with Crippen LogP contribution in [0.15, 0.2) is 35.6 Å². The highest BCUT2D eigenvalue weighted by atomic mass is 32.2. The molecule has 0 spiro atoms. The van der Waals surface area contributed by atoms with Crippen LogP contribution in [0.2, 0.25) is 0 Å². The van der Waals surface area contributed by atoms with Crippen molar-refractivity contribution in [1.29, 1.82) is 0 Å². The van der Waals surface area contributed by atoms with Gasteiger partial charge in [-0.15, -0.1) is 0 Å². The van der Waals surface area contributed by atoms with E-state index in [1.54, 1.807) is 6.07 Å². The zero-order chi connectivity index (χ0) is 13.8. The second kappa shape index (κ2) is 5.66. The maximum Gasteiger partial charge on any atom is 0.338 e. The van der Waals surface area contributed by atoms with Gasteiger partial charge in [-0.25, -0.2) is 19.2 Å². The Kier molecular flexibility index (Phi) is 3.96. The number of carboxylic acids is 1. The third kappa shape index (κ3) is 3.19. The minimum atomic E-state index is -1.28. The van der Waals surface area contributed by atoms with Crippen molar-refractivity contribution in [3.63, 3.8) is 0 Å². The van der Waals surface area contributed by atoms with Gasteiger partial charge in [0.1, 0.15) is 10.8 Å². The molecule has 1 aromatic heterocycles. The molecule has 0 fully saturated rings. The first kappa shape index (κ1) is 13.3. The predicted octanol–water partition coefficient (Wildman–Crippen LogP) is 2.19. The fourth-order valence-electron chi connectivity index (χ4n) is 1.42. The number of nitrogens with two attached hydrogens (primary N) is 1. The SMILES string of the molecule is Nc1nccnc1SCc1ccc(C(=O)O)c(F)c1. The second-order valence-electron chi connectivity index (χ2n) is 3.65. The average Bonchev–Trinajstić information content (AvgIpc) is 2.37. The maximum absolute atomic E-state index is 13.5. The van der Waals surface area contributed by atoms with Crippen molar-refractivity contribution in [2.45, 2.75) is 10.8 Å². The number of halogens is 1. The summed E-state index contributed by atoms with van der Waals surface area (Å²) >= 11 is 1.31. The molecule has 0 aliphatic carbocycles. The lowest BCUT2D eigenvalue weighted by molar-refractivity contribution is 0.0692. The van der Waals surface area contributed by atoms with Gasteiger partial charge in [-0.2, -0.15) is 0 Å². The third-order valence-electron chi connectivity index (χ3n) is 2.33. The minimum Gasteiger partial charge on any atom is -0.478 e. The van der Waals surface area contributed by atoms with Crippen LogP contribution in [0.25, 0.3) is 0 Å². The number of thioether (sulfide) groups is 1. The Hall–Kier alpha value is -2.15. The lowest BCUT2D eigenvalue weighted by atomic mass is 10.1. The Morgan fingerprint density at radius 3 is 2.74 bits per heavy atom. The molecule has 0 unspecified atom stereocenters. The number of nitrogens with zero attached hydrogens (tertiary/aromatic N) is 2. The van der Waals surface area contributed by atoms with Crippen molar-refractivity contribution >= 4 is 23.5 Å². The van der Waals surface area contributed by atoms with Gasteiger partial charge in [-0.3, -0.25) is 0 Å². The summed E-state index contributed by atoms with van der Waals surface area (Å²) in [5.74, 6) is -1.29. The van der Waals surface area contributed by atoms with Crippen molar-refractivity contribution in [3.05, 3.63) is 47.5 Å². The fraction of sp³-hybridized carbons (Fsp3) is 0.0833. The summed E-state index contributed by atoms with van der Waals surface area (Å²) in [6, 6.07) is 4.00. The molecule has 98 valence electrons. The maximum atomic E-state index is 13.5. The van der Waals surface area contributed by atoms with Crippen LogP contribution in [-0.2, 0) is 5.75 Å². The van der Waals surface area contributed by atoms with Crippen LogP contribution < -0.4 is 5.73 Å². The lowest BCUT2D eigenvalue weighted by Crippen LogP contribution is -2.01. The van der Waals surface area contributed by atoms with Crippen LogP contribution in [0.1, 0.15) is 15.9 Å². The molecular weight excluding hydrogens is 269 g/mol.